The minimum atomic E-state index is -0.283. The van der Waals surface area contributed by atoms with Crippen LogP contribution in [0, 0.1) is 17.2 Å². The summed E-state index contributed by atoms with van der Waals surface area (Å²) in [5.41, 5.74) is 1.19. The van der Waals surface area contributed by atoms with Crippen molar-refractivity contribution < 1.29 is 9.18 Å². The molecule has 2 atom stereocenters. The van der Waals surface area contributed by atoms with Crippen molar-refractivity contribution in [3.63, 3.8) is 0 Å². The van der Waals surface area contributed by atoms with Gasteiger partial charge in [-0.2, -0.15) is 0 Å². The number of nitrogens with zero attached hydrogens (tertiary/aromatic N) is 4. The Hall–Kier alpha value is -2.28. The van der Waals surface area contributed by atoms with Crippen molar-refractivity contribution in [1.82, 2.24) is 25.0 Å². The molecule has 3 heterocycles. The van der Waals surface area contributed by atoms with Gasteiger partial charge >= 0.3 is 0 Å². The summed E-state index contributed by atoms with van der Waals surface area (Å²) in [5.74, 6) is 1.78. The molecule has 1 amide bonds. The zero-order chi connectivity index (χ0) is 20.6. The van der Waals surface area contributed by atoms with Gasteiger partial charge in [-0.25, -0.2) is 4.39 Å². The Balaban J connectivity index is 1.40. The van der Waals surface area contributed by atoms with Gasteiger partial charge in [-0.05, 0) is 48.4 Å². The fourth-order valence-electron chi connectivity index (χ4n) is 4.36. The van der Waals surface area contributed by atoms with Crippen LogP contribution in [0.1, 0.15) is 61.5 Å². The third kappa shape index (κ3) is 4.50. The van der Waals surface area contributed by atoms with Crippen LogP contribution in [0.3, 0.4) is 0 Å². The fraction of sp³-hybridized carbons (Fsp3) is 0.591. The van der Waals surface area contributed by atoms with Crippen molar-refractivity contribution in [1.29, 1.82) is 0 Å². The summed E-state index contributed by atoms with van der Waals surface area (Å²) in [5, 5.41) is 11.5. The van der Waals surface area contributed by atoms with E-state index in [1.807, 2.05) is 4.57 Å². The van der Waals surface area contributed by atoms with E-state index < -0.39 is 0 Å². The van der Waals surface area contributed by atoms with Gasteiger partial charge in [0.05, 0.1) is 0 Å². The minimum absolute atomic E-state index is 0.228. The Morgan fingerprint density at radius 2 is 1.97 bits per heavy atom. The van der Waals surface area contributed by atoms with Crippen LogP contribution in [-0.2, 0) is 13.1 Å². The molecule has 1 fully saturated rings. The zero-order valence-electron chi connectivity index (χ0n) is 17.5. The van der Waals surface area contributed by atoms with Gasteiger partial charge in [-0.15, -0.1) is 10.2 Å². The average molecular weight is 400 g/mol. The van der Waals surface area contributed by atoms with Crippen LogP contribution in [0.25, 0.3) is 0 Å². The molecule has 2 aromatic rings. The van der Waals surface area contributed by atoms with Gasteiger partial charge in [0.25, 0.3) is 5.91 Å². The highest BCUT2D eigenvalue weighted by atomic mass is 19.1. The average Bonchev–Trinajstić information content (AvgIpc) is 3.28. The number of nitrogens with one attached hydrogen (secondary N) is 1. The summed E-state index contributed by atoms with van der Waals surface area (Å²) in [6.45, 7) is 11.2. The maximum Gasteiger partial charge on any atom is 0.289 e. The number of carbonyl (C=O) groups excluding carboxylic acids is 1. The molecule has 156 valence electrons. The van der Waals surface area contributed by atoms with Crippen LogP contribution in [0.15, 0.2) is 24.3 Å². The van der Waals surface area contributed by atoms with Crippen LogP contribution in [0.4, 0.5) is 4.39 Å². The molecule has 1 aromatic carbocycles. The molecule has 4 rings (SSSR count). The number of aromatic nitrogens is 3. The number of rotatable bonds is 5. The Morgan fingerprint density at radius 3 is 2.69 bits per heavy atom. The van der Waals surface area contributed by atoms with E-state index in [-0.39, 0.29) is 11.7 Å². The summed E-state index contributed by atoms with van der Waals surface area (Å²) in [6, 6.07) is 6.13. The third-order valence-corrected chi connectivity index (χ3v) is 6.10. The van der Waals surface area contributed by atoms with Gasteiger partial charge in [0.2, 0.25) is 5.82 Å². The highest BCUT2D eigenvalue weighted by molar-refractivity contribution is 5.90. The van der Waals surface area contributed by atoms with E-state index in [1.165, 1.54) is 18.6 Å². The van der Waals surface area contributed by atoms with Gasteiger partial charge in [-0.3, -0.25) is 4.79 Å². The Morgan fingerprint density at radius 1 is 1.21 bits per heavy atom. The first-order chi connectivity index (χ1) is 13.8. The maximum absolute atomic E-state index is 13.0. The summed E-state index contributed by atoms with van der Waals surface area (Å²) in [4.78, 5) is 15.2. The molecule has 1 N–H and O–H groups in total. The molecule has 0 unspecified atom stereocenters. The van der Waals surface area contributed by atoms with E-state index in [4.69, 9.17) is 0 Å². The van der Waals surface area contributed by atoms with Gasteiger partial charge in [-0.1, -0.05) is 32.9 Å². The van der Waals surface area contributed by atoms with E-state index in [2.05, 4.69) is 41.2 Å². The molecule has 29 heavy (non-hydrogen) atoms. The van der Waals surface area contributed by atoms with Crippen molar-refractivity contribution in [2.45, 2.75) is 52.6 Å². The standard InChI is InChI=1S/C22H30FN5O/c1-22(2,3)9-11-27-13-16-8-10-28-19(18(16)14-27)25-26-20(28)21(29)24-12-15-4-6-17(23)7-5-15/h4-7,16,18H,8-14H2,1-3H3,(H,24,29)/t16-,18-/m1/s1. The van der Waals surface area contributed by atoms with Crippen LogP contribution in [-0.4, -0.2) is 45.2 Å². The van der Waals surface area contributed by atoms with Crippen LogP contribution in [0.2, 0.25) is 0 Å². The molecular weight excluding hydrogens is 369 g/mol. The zero-order valence-corrected chi connectivity index (χ0v) is 17.5. The first-order valence-corrected chi connectivity index (χ1v) is 10.5. The summed E-state index contributed by atoms with van der Waals surface area (Å²) < 4.78 is 15.0. The first-order valence-electron chi connectivity index (χ1n) is 10.5. The number of amides is 1. The molecule has 0 radical (unpaired) electrons. The molecule has 0 saturated carbocycles. The largest absolute Gasteiger partial charge is 0.345 e. The quantitative estimate of drug-likeness (QED) is 0.839. The monoisotopic (exact) mass is 399 g/mol. The van der Waals surface area contributed by atoms with Crippen molar-refractivity contribution in [2.24, 2.45) is 11.3 Å². The first kappa shape index (κ1) is 20.0. The lowest BCUT2D eigenvalue weighted by atomic mass is 9.89. The number of fused-ring (bicyclic) bond motifs is 3. The lowest BCUT2D eigenvalue weighted by Crippen LogP contribution is -2.30. The van der Waals surface area contributed by atoms with Crippen LogP contribution < -0.4 is 5.32 Å². The topological polar surface area (TPSA) is 63.1 Å². The molecule has 0 spiro atoms. The molecular formula is C22H30FN5O. The summed E-state index contributed by atoms with van der Waals surface area (Å²) >= 11 is 0. The number of likely N-dealkylation sites (tertiary alicyclic amines) is 1. The Bertz CT molecular complexity index is 870. The molecule has 2 aliphatic rings. The summed E-state index contributed by atoms with van der Waals surface area (Å²) in [7, 11) is 0. The summed E-state index contributed by atoms with van der Waals surface area (Å²) in [6.07, 6.45) is 2.23. The van der Waals surface area contributed by atoms with Crippen LogP contribution in [0.5, 0.6) is 0 Å². The lowest BCUT2D eigenvalue weighted by molar-refractivity contribution is 0.0933. The predicted octanol–water partition coefficient (Wildman–Crippen LogP) is 3.20. The SMILES string of the molecule is CC(C)(C)CCN1C[C@H]2CCn3c(C(=O)NCc4ccc(F)cc4)nnc3[C@@H]2C1. The van der Waals surface area contributed by atoms with Crippen LogP contribution >= 0.6 is 0 Å². The highest BCUT2D eigenvalue weighted by Crippen LogP contribution is 2.38. The maximum atomic E-state index is 13.0. The number of hydrogen-bond donors (Lipinski definition) is 1. The smallest absolute Gasteiger partial charge is 0.289 e. The minimum Gasteiger partial charge on any atom is -0.345 e. The van der Waals surface area contributed by atoms with E-state index in [0.29, 0.717) is 29.6 Å². The van der Waals surface area contributed by atoms with Gasteiger partial charge < -0.3 is 14.8 Å². The van der Waals surface area contributed by atoms with Gasteiger partial charge in [0, 0.05) is 32.1 Å². The van der Waals surface area contributed by atoms with E-state index in [9.17, 15) is 9.18 Å². The van der Waals surface area contributed by atoms with Crippen molar-refractivity contribution >= 4 is 5.91 Å². The fourth-order valence-corrected chi connectivity index (χ4v) is 4.36. The van der Waals surface area contributed by atoms with Crippen molar-refractivity contribution in [2.75, 3.05) is 19.6 Å². The molecule has 1 saturated heterocycles. The third-order valence-electron chi connectivity index (χ3n) is 6.10. The molecule has 0 bridgehead atoms. The Labute approximate surface area is 171 Å². The Kier molecular flexibility index (Phi) is 5.42. The molecule has 1 aromatic heterocycles. The molecule has 6 nitrogen and oxygen atoms in total. The molecule has 7 heteroatoms. The number of halogens is 1. The second-order valence-electron chi connectivity index (χ2n) is 9.57. The van der Waals surface area contributed by atoms with Gasteiger partial charge in [0.15, 0.2) is 0 Å². The van der Waals surface area contributed by atoms with Crippen molar-refractivity contribution in [3.05, 3.63) is 47.3 Å². The normalized spacial score (nSPS) is 21.7. The van der Waals surface area contributed by atoms with E-state index >= 15 is 0 Å². The second-order valence-corrected chi connectivity index (χ2v) is 9.57. The van der Waals surface area contributed by atoms with Gasteiger partial charge in [0.1, 0.15) is 11.6 Å². The van der Waals surface area contributed by atoms with E-state index in [1.54, 1.807) is 12.1 Å². The predicted molar refractivity (Wildman–Crippen MR) is 109 cm³/mol. The lowest BCUT2D eigenvalue weighted by Gasteiger charge is -2.25. The van der Waals surface area contributed by atoms with E-state index in [0.717, 1.165) is 44.0 Å². The number of benzene rings is 1. The number of carbonyl (C=O) groups is 1. The second kappa shape index (κ2) is 7.86. The highest BCUT2D eigenvalue weighted by Gasteiger charge is 2.40. The molecule has 2 aliphatic heterocycles. The number of hydrogen-bond acceptors (Lipinski definition) is 4. The molecule has 0 aliphatic carbocycles. The van der Waals surface area contributed by atoms with Crippen molar-refractivity contribution in [3.8, 4) is 0 Å².